The van der Waals surface area contributed by atoms with Crippen molar-refractivity contribution in [2.24, 2.45) is 23.7 Å². The van der Waals surface area contributed by atoms with E-state index in [1.807, 2.05) is 34.6 Å². The van der Waals surface area contributed by atoms with E-state index >= 15 is 0 Å². The molecule has 1 aromatic carbocycles. The number of carbonyl (C=O) groups is 3. The third kappa shape index (κ3) is 9.85. The summed E-state index contributed by atoms with van der Waals surface area (Å²) >= 11 is 0. The van der Waals surface area contributed by atoms with Gasteiger partial charge < -0.3 is 29.6 Å². The van der Waals surface area contributed by atoms with Crippen LogP contribution in [0, 0.1) is 23.7 Å². The van der Waals surface area contributed by atoms with Crippen molar-refractivity contribution in [1.82, 2.24) is 5.32 Å². The molecule has 9 heteroatoms. The monoisotopic (exact) mass is 616 g/mol. The average Bonchev–Trinajstić information content (AvgIpc) is 3.43. The largest absolute Gasteiger partial charge is 0.491 e. The van der Waals surface area contributed by atoms with Crippen LogP contribution < -0.4 is 15.4 Å². The van der Waals surface area contributed by atoms with Crippen LogP contribution in [0.25, 0.3) is 0 Å². The van der Waals surface area contributed by atoms with Gasteiger partial charge >= 0.3 is 12.1 Å². The molecule has 0 radical (unpaired) electrons. The highest BCUT2D eigenvalue weighted by Crippen LogP contribution is 2.43. The van der Waals surface area contributed by atoms with Crippen molar-refractivity contribution >= 4 is 23.7 Å². The van der Waals surface area contributed by atoms with E-state index in [9.17, 15) is 14.4 Å². The maximum absolute atomic E-state index is 13.6. The fourth-order valence-corrected chi connectivity index (χ4v) is 6.18. The lowest BCUT2D eigenvalue weighted by atomic mass is 9.83. The molecule has 1 aromatic rings. The number of benzene rings is 1. The summed E-state index contributed by atoms with van der Waals surface area (Å²) in [4.78, 5) is 39.2. The standard InChI is InChI=1S/C35H56N2O7/c1-21(2)24(16-27(37-33(40)44-34(5,6)7)30-19-25(22(3)4)32(39)43-30)18-31(38)36-28-20-26-23(12-13-35(26,8)9)17-29(28)42-15-11-14-41-10/h17,20-22,24-25,27,30H,11-16,18-19H2,1-10H3,(H,36,38)(H,37,40)/t24-,25+,27+,30-/m1/s1. The number of rotatable bonds is 14. The van der Waals surface area contributed by atoms with E-state index < -0.39 is 23.8 Å². The number of hydrogen-bond donors (Lipinski definition) is 2. The molecule has 2 amide bonds. The average molecular weight is 617 g/mol. The van der Waals surface area contributed by atoms with E-state index in [0.717, 1.165) is 19.3 Å². The number of aryl methyl sites for hydroxylation is 1. The third-order valence-electron chi connectivity index (χ3n) is 8.94. The highest BCUT2D eigenvalue weighted by atomic mass is 16.6. The Kier molecular flexibility index (Phi) is 12.1. The lowest BCUT2D eigenvalue weighted by Gasteiger charge is -2.31. The molecule has 0 spiro atoms. The van der Waals surface area contributed by atoms with Crippen molar-refractivity contribution in [3.8, 4) is 5.75 Å². The zero-order valence-corrected chi connectivity index (χ0v) is 28.6. The minimum absolute atomic E-state index is 0.0248. The number of esters is 1. The van der Waals surface area contributed by atoms with Gasteiger partial charge in [-0.3, -0.25) is 9.59 Å². The van der Waals surface area contributed by atoms with Crippen molar-refractivity contribution in [1.29, 1.82) is 0 Å². The van der Waals surface area contributed by atoms with Crippen molar-refractivity contribution < 1.29 is 33.3 Å². The van der Waals surface area contributed by atoms with Gasteiger partial charge in [0.05, 0.1) is 24.3 Å². The summed E-state index contributed by atoms with van der Waals surface area (Å²) in [6, 6.07) is 3.66. The topological polar surface area (TPSA) is 112 Å². The Hall–Kier alpha value is -2.81. The molecule has 44 heavy (non-hydrogen) atoms. The zero-order valence-electron chi connectivity index (χ0n) is 28.6. The van der Waals surface area contributed by atoms with Crippen LogP contribution in [0.4, 0.5) is 10.5 Å². The molecule has 0 bridgehead atoms. The highest BCUT2D eigenvalue weighted by molar-refractivity contribution is 5.92. The molecule has 4 atom stereocenters. The minimum Gasteiger partial charge on any atom is -0.491 e. The van der Waals surface area contributed by atoms with Crippen LogP contribution >= 0.6 is 0 Å². The third-order valence-corrected chi connectivity index (χ3v) is 8.94. The van der Waals surface area contributed by atoms with E-state index in [-0.39, 0.29) is 47.4 Å². The molecular formula is C35H56N2O7. The van der Waals surface area contributed by atoms with Crippen molar-refractivity contribution in [3.05, 3.63) is 23.3 Å². The molecule has 1 heterocycles. The number of carbonyl (C=O) groups excluding carboxylic acids is 3. The van der Waals surface area contributed by atoms with Crippen LogP contribution in [-0.4, -0.2) is 56.0 Å². The highest BCUT2D eigenvalue weighted by Gasteiger charge is 2.42. The SMILES string of the molecule is COCCCOc1cc2c(cc1NC(=O)C[C@@H](C[C@H](NC(=O)OC(C)(C)C)[C@H]1C[C@@H](C(C)C)C(=O)O1)C(C)C)C(C)(C)CC2. The van der Waals surface area contributed by atoms with Crippen molar-refractivity contribution in [2.75, 3.05) is 25.6 Å². The Morgan fingerprint density at radius 1 is 1.11 bits per heavy atom. The molecule has 9 nitrogen and oxygen atoms in total. The van der Waals surface area contributed by atoms with E-state index in [1.54, 1.807) is 7.11 Å². The van der Waals surface area contributed by atoms with E-state index in [4.69, 9.17) is 18.9 Å². The van der Waals surface area contributed by atoms with Gasteiger partial charge in [0.25, 0.3) is 0 Å². The molecule has 0 aromatic heterocycles. The molecule has 0 saturated carbocycles. The molecule has 1 saturated heterocycles. The molecule has 2 aliphatic rings. The molecule has 1 fully saturated rings. The van der Waals surface area contributed by atoms with E-state index in [2.05, 4.69) is 50.5 Å². The molecular weight excluding hydrogens is 560 g/mol. The van der Waals surface area contributed by atoms with Crippen LogP contribution in [0.1, 0.15) is 106 Å². The van der Waals surface area contributed by atoms with Crippen LogP contribution in [0.2, 0.25) is 0 Å². The second-order valence-electron chi connectivity index (χ2n) is 14.9. The minimum atomic E-state index is -0.674. The second-order valence-corrected chi connectivity index (χ2v) is 14.9. The van der Waals surface area contributed by atoms with Gasteiger partial charge in [0, 0.05) is 26.6 Å². The van der Waals surface area contributed by atoms with Crippen LogP contribution in [0.5, 0.6) is 5.75 Å². The lowest BCUT2D eigenvalue weighted by Crippen LogP contribution is -2.47. The molecule has 1 aliphatic carbocycles. The van der Waals surface area contributed by atoms with E-state index in [0.29, 0.717) is 37.5 Å². The molecule has 0 unspecified atom stereocenters. The number of fused-ring (bicyclic) bond motifs is 1. The Bertz CT molecular complexity index is 1150. The summed E-state index contributed by atoms with van der Waals surface area (Å²) in [6.45, 7) is 19.1. The predicted molar refractivity (Wildman–Crippen MR) is 172 cm³/mol. The van der Waals surface area contributed by atoms with Gasteiger partial charge in [-0.05, 0) is 92.9 Å². The molecule has 1 aliphatic heterocycles. The van der Waals surface area contributed by atoms with Gasteiger partial charge in [-0.2, -0.15) is 0 Å². The fraction of sp³-hybridized carbons (Fsp3) is 0.743. The smallest absolute Gasteiger partial charge is 0.408 e. The summed E-state index contributed by atoms with van der Waals surface area (Å²) in [6.07, 6.45) is 2.95. The summed E-state index contributed by atoms with van der Waals surface area (Å²) in [5, 5.41) is 6.14. The molecule has 3 rings (SSSR count). The predicted octanol–water partition coefficient (Wildman–Crippen LogP) is 6.80. The van der Waals surface area contributed by atoms with Gasteiger partial charge in [0.2, 0.25) is 5.91 Å². The Balaban J connectivity index is 1.80. The summed E-state index contributed by atoms with van der Waals surface area (Å²) in [7, 11) is 1.67. The Labute approximate surface area is 264 Å². The van der Waals surface area contributed by atoms with Crippen molar-refractivity contribution in [2.45, 2.75) is 124 Å². The first-order chi connectivity index (χ1) is 20.5. The second kappa shape index (κ2) is 15.0. The first-order valence-electron chi connectivity index (χ1n) is 16.3. The first kappa shape index (κ1) is 35.7. The van der Waals surface area contributed by atoms with Crippen molar-refractivity contribution in [3.63, 3.8) is 0 Å². The summed E-state index contributed by atoms with van der Waals surface area (Å²) in [5.74, 6) is 0.251. The van der Waals surface area contributed by atoms with Crippen LogP contribution in [-0.2, 0) is 35.6 Å². The van der Waals surface area contributed by atoms with Gasteiger partial charge in [-0.1, -0.05) is 41.5 Å². The summed E-state index contributed by atoms with van der Waals surface area (Å²) in [5.41, 5.74) is 2.53. The number of alkyl carbamates (subject to hydrolysis) is 1. The summed E-state index contributed by atoms with van der Waals surface area (Å²) < 4.78 is 22.7. The quantitative estimate of drug-likeness (QED) is 0.175. The number of anilines is 1. The first-order valence-corrected chi connectivity index (χ1v) is 16.3. The van der Waals surface area contributed by atoms with Gasteiger partial charge in [0.15, 0.2) is 0 Å². The van der Waals surface area contributed by atoms with Gasteiger partial charge in [-0.15, -0.1) is 0 Å². The Morgan fingerprint density at radius 3 is 2.41 bits per heavy atom. The number of methoxy groups -OCH3 is 1. The maximum atomic E-state index is 13.6. The molecule has 2 N–H and O–H groups in total. The molecule has 248 valence electrons. The van der Waals surface area contributed by atoms with Gasteiger partial charge in [0.1, 0.15) is 17.5 Å². The normalized spacial score (nSPS) is 20.7. The number of nitrogens with one attached hydrogen (secondary N) is 2. The lowest BCUT2D eigenvalue weighted by molar-refractivity contribution is -0.146. The number of amides is 2. The van der Waals surface area contributed by atoms with E-state index in [1.165, 1.54) is 11.1 Å². The number of cyclic esters (lactones) is 1. The zero-order chi connectivity index (χ0) is 32.8. The maximum Gasteiger partial charge on any atom is 0.408 e. The number of hydrogen-bond acceptors (Lipinski definition) is 7. The fourth-order valence-electron chi connectivity index (χ4n) is 6.18. The van der Waals surface area contributed by atoms with Gasteiger partial charge in [-0.25, -0.2) is 4.79 Å². The van der Waals surface area contributed by atoms with Crippen LogP contribution in [0.3, 0.4) is 0 Å². The Morgan fingerprint density at radius 2 is 1.82 bits per heavy atom. The van der Waals surface area contributed by atoms with Crippen LogP contribution in [0.15, 0.2) is 12.1 Å². The number of ether oxygens (including phenoxy) is 4.